The minimum atomic E-state index is -4.67. The molecule has 9 nitrogen and oxygen atoms in total. The fourth-order valence-electron chi connectivity index (χ4n) is 0.548. The number of H-pyrrole nitrogens is 1. The van der Waals surface area contributed by atoms with Crippen LogP contribution in [0, 0.1) is 0 Å². The van der Waals surface area contributed by atoms with Crippen molar-refractivity contribution < 1.29 is 30.1 Å². The van der Waals surface area contributed by atoms with Gasteiger partial charge in [0.25, 0.3) is 10.1 Å². The Kier molecular flexibility index (Phi) is 10.7. The molecule has 0 aromatic carbocycles. The van der Waals surface area contributed by atoms with Crippen molar-refractivity contribution >= 4 is 20.5 Å². The molecule has 0 aliphatic rings. The number of nitrogens with zero attached hydrogens (tertiary/aromatic N) is 1. The number of nitrogens with one attached hydrogen (secondary N) is 1. The number of hydrogen-bond acceptors (Lipinski definition) is 6. The van der Waals surface area contributed by atoms with Crippen molar-refractivity contribution in [2.75, 3.05) is 12.9 Å². The molecule has 0 atom stereocenters. The van der Waals surface area contributed by atoms with Crippen molar-refractivity contribution in [2.45, 2.75) is 13.3 Å². The molecular weight excluding hydrogens is 288 g/mol. The highest BCUT2D eigenvalue weighted by Crippen LogP contribution is 1.91. The third kappa shape index (κ3) is 24.3. The van der Waals surface area contributed by atoms with Gasteiger partial charge in [-0.2, -0.15) is 16.8 Å². The van der Waals surface area contributed by atoms with Crippen LogP contribution in [0.1, 0.15) is 13.3 Å². The van der Waals surface area contributed by atoms with Gasteiger partial charge in [0.05, 0.1) is 19.2 Å². The number of hydrogen-bond donors (Lipinski definition) is 3. The average molecular weight is 304 g/mol. The van der Waals surface area contributed by atoms with E-state index in [4.69, 9.17) is 17.5 Å². The van der Waals surface area contributed by atoms with Gasteiger partial charge in [0.2, 0.25) is 0 Å². The zero-order valence-corrected chi connectivity index (χ0v) is 11.5. The minimum Gasteiger partial charge on any atom is -0.351 e. The highest BCUT2D eigenvalue weighted by Gasteiger charge is 2.03. The van der Waals surface area contributed by atoms with Crippen LogP contribution in [-0.4, -0.2) is 48.8 Å². The first-order valence-electron chi connectivity index (χ1n) is 4.53. The smallest absolute Gasteiger partial charge is 0.351 e. The van der Waals surface area contributed by atoms with E-state index in [-0.39, 0.29) is 5.75 Å². The Bertz CT molecular complexity index is 441. The van der Waals surface area contributed by atoms with Crippen molar-refractivity contribution in [1.82, 2.24) is 9.97 Å². The maximum atomic E-state index is 10.4. The van der Waals surface area contributed by atoms with Crippen LogP contribution in [-0.2, 0) is 24.7 Å². The predicted octanol–water partition coefficient (Wildman–Crippen LogP) is 0.130. The van der Waals surface area contributed by atoms with Gasteiger partial charge in [-0.15, -0.1) is 0 Å². The Morgan fingerprint density at radius 2 is 1.78 bits per heavy atom. The summed E-state index contributed by atoms with van der Waals surface area (Å²) < 4.78 is 56.5. The molecule has 1 aromatic heterocycles. The van der Waals surface area contributed by atoms with Gasteiger partial charge in [-0.1, -0.05) is 6.92 Å². The highest BCUT2D eigenvalue weighted by molar-refractivity contribution is 7.86. The van der Waals surface area contributed by atoms with Crippen molar-refractivity contribution in [3.63, 3.8) is 0 Å². The molecule has 11 heteroatoms. The van der Waals surface area contributed by atoms with Crippen molar-refractivity contribution in [2.24, 2.45) is 0 Å². The molecule has 3 N–H and O–H groups in total. The lowest BCUT2D eigenvalue weighted by Gasteiger charge is -1.94. The number of rotatable bonds is 3. The minimum absolute atomic E-state index is 0.115. The van der Waals surface area contributed by atoms with Crippen LogP contribution in [0.3, 0.4) is 0 Å². The Balaban J connectivity index is 0. The zero-order chi connectivity index (χ0) is 14.7. The van der Waals surface area contributed by atoms with Gasteiger partial charge in [0.15, 0.2) is 0 Å². The van der Waals surface area contributed by atoms with E-state index in [0.29, 0.717) is 6.42 Å². The van der Waals surface area contributed by atoms with Crippen LogP contribution in [0.2, 0.25) is 0 Å². The fourth-order valence-corrected chi connectivity index (χ4v) is 1.22. The van der Waals surface area contributed by atoms with Crippen LogP contribution >= 0.6 is 0 Å². The number of imidazole rings is 1. The van der Waals surface area contributed by atoms with E-state index in [1.165, 1.54) is 7.11 Å². The lowest BCUT2D eigenvalue weighted by Crippen LogP contribution is -2.05. The van der Waals surface area contributed by atoms with E-state index in [1.54, 1.807) is 25.6 Å². The summed E-state index contributed by atoms with van der Waals surface area (Å²) in [6.45, 7) is 1.79. The molecule has 1 aromatic rings. The van der Waals surface area contributed by atoms with Crippen molar-refractivity contribution in [3.8, 4) is 0 Å². The summed E-state index contributed by atoms with van der Waals surface area (Å²) in [6.07, 6.45) is 5.69. The SMILES string of the molecule is CCCS(=O)(=O)OC.O=S(=O)(O)O.c1c[nH]cn1. The summed E-state index contributed by atoms with van der Waals surface area (Å²) in [5.41, 5.74) is 0. The lowest BCUT2D eigenvalue weighted by atomic mass is 10.6. The summed E-state index contributed by atoms with van der Waals surface area (Å²) >= 11 is 0. The van der Waals surface area contributed by atoms with Gasteiger partial charge < -0.3 is 4.98 Å². The first kappa shape index (κ1) is 19.3. The van der Waals surface area contributed by atoms with E-state index in [9.17, 15) is 8.42 Å². The predicted molar refractivity (Wildman–Crippen MR) is 63.9 cm³/mol. The molecule has 0 aliphatic heterocycles. The molecule has 0 bridgehead atoms. The Hall–Kier alpha value is -1.01. The lowest BCUT2D eigenvalue weighted by molar-refractivity contribution is 0.380. The van der Waals surface area contributed by atoms with Gasteiger partial charge in [-0.25, -0.2) is 4.98 Å². The van der Waals surface area contributed by atoms with Crippen LogP contribution in [0.4, 0.5) is 0 Å². The molecule has 18 heavy (non-hydrogen) atoms. The van der Waals surface area contributed by atoms with E-state index < -0.39 is 20.5 Å². The molecule has 0 saturated heterocycles. The first-order chi connectivity index (χ1) is 8.12. The fraction of sp³-hybridized carbons (Fsp3) is 0.571. The quantitative estimate of drug-likeness (QED) is 0.527. The largest absolute Gasteiger partial charge is 0.394 e. The Morgan fingerprint density at radius 3 is 1.89 bits per heavy atom. The van der Waals surface area contributed by atoms with Crippen LogP contribution < -0.4 is 0 Å². The summed E-state index contributed by atoms with van der Waals surface area (Å²) in [6, 6.07) is 0. The standard InChI is InChI=1S/C4H10O3S.C3H4N2.H2O4S/c1-3-4-8(5,6)7-2;1-2-5-3-4-1;1-5(2,3)4/h3-4H2,1-2H3;1-3H,(H,4,5);(H2,1,2,3,4). The molecule has 0 saturated carbocycles. The molecule has 0 unspecified atom stereocenters. The molecule has 108 valence electrons. The third-order valence-corrected chi connectivity index (χ3v) is 2.53. The third-order valence-electron chi connectivity index (χ3n) is 1.11. The molecule has 0 fully saturated rings. The van der Waals surface area contributed by atoms with Crippen LogP contribution in [0.5, 0.6) is 0 Å². The zero-order valence-electron chi connectivity index (χ0n) is 9.85. The number of aromatic amines is 1. The maximum absolute atomic E-state index is 10.4. The molecular formula is C7H16N2O7S2. The van der Waals surface area contributed by atoms with Crippen LogP contribution in [0.25, 0.3) is 0 Å². The summed E-state index contributed by atoms with van der Waals surface area (Å²) in [5, 5.41) is 0. The second-order valence-corrected chi connectivity index (χ2v) is 5.39. The molecule has 1 heterocycles. The van der Waals surface area contributed by atoms with Gasteiger partial charge in [0.1, 0.15) is 0 Å². The molecule has 0 aliphatic carbocycles. The summed E-state index contributed by atoms with van der Waals surface area (Å²) in [4.78, 5) is 6.42. The van der Waals surface area contributed by atoms with Gasteiger partial charge in [0, 0.05) is 12.4 Å². The van der Waals surface area contributed by atoms with Crippen molar-refractivity contribution in [3.05, 3.63) is 18.7 Å². The first-order valence-corrected chi connectivity index (χ1v) is 7.50. The van der Waals surface area contributed by atoms with E-state index in [1.807, 2.05) is 0 Å². The monoisotopic (exact) mass is 304 g/mol. The van der Waals surface area contributed by atoms with E-state index in [0.717, 1.165) is 0 Å². The van der Waals surface area contributed by atoms with Gasteiger partial charge >= 0.3 is 10.4 Å². The Labute approximate surface area is 106 Å². The van der Waals surface area contributed by atoms with Crippen LogP contribution in [0.15, 0.2) is 18.7 Å². The molecule has 0 spiro atoms. The normalized spacial score (nSPS) is 10.7. The highest BCUT2D eigenvalue weighted by atomic mass is 32.3. The molecule has 1 rings (SSSR count). The van der Waals surface area contributed by atoms with Crippen molar-refractivity contribution in [1.29, 1.82) is 0 Å². The van der Waals surface area contributed by atoms with Gasteiger partial charge in [-0.3, -0.25) is 13.3 Å². The summed E-state index contributed by atoms with van der Waals surface area (Å²) in [7, 11) is -6.66. The second kappa shape index (κ2) is 9.96. The topological polar surface area (TPSA) is 147 Å². The van der Waals surface area contributed by atoms with Gasteiger partial charge in [-0.05, 0) is 6.42 Å². The van der Waals surface area contributed by atoms with E-state index in [2.05, 4.69) is 14.2 Å². The average Bonchev–Trinajstić information content (AvgIpc) is 2.72. The molecule has 0 amide bonds. The second-order valence-electron chi connectivity index (χ2n) is 2.64. The number of aromatic nitrogens is 2. The van der Waals surface area contributed by atoms with E-state index >= 15 is 0 Å². The maximum Gasteiger partial charge on any atom is 0.394 e. The summed E-state index contributed by atoms with van der Waals surface area (Å²) in [5.74, 6) is 0.115. The Morgan fingerprint density at radius 1 is 1.28 bits per heavy atom. The molecule has 0 radical (unpaired) electrons.